The van der Waals surface area contributed by atoms with E-state index < -0.39 is 0 Å². The Labute approximate surface area is 96.8 Å². The van der Waals surface area contributed by atoms with Crippen LogP contribution in [0.25, 0.3) is 0 Å². The molecule has 0 saturated heterocycles. The van der Waals surface area contributed by atoms with Crippen LogP contribution in [-0.2, 0) is 18.2 Å². The molecule has 2 unspecified atom stereocenters. The lowest BCUT2D eigenvalue weighted by molar-refractivity contribution is 0.0285. The van der Waals surface area contributed by atoms with Crippen molar-refractivity contribution < 1.29 is 4.74 Å². The van der Waals surface area contributed by atoms with Crippen molar-refractivity contribution in [2.24, 2.45) is 18.7 Å². The van der Waals surface area contributed by atoms with E-state index in [1.807, 2.05) is 30.9 Å². The second-order valence-corrected chi connectivity index (χ2v) is 4.61. The van der Waals surface area contributed by atoms with Gasteiger partial charge in [0.2, 0.25) is 0 Å². The van der Waals surface area contributed by atoms with Gasteiger partial charge in [0.15, 0.2) is 0 Å². The summed E-state index contributed by atoms with van der Waals surface area (Å²) < 4.78 is 7.56. The van der Waals surface area contributed by atoms with Crippen LogP contribution in [0.4, 0.5) is 0 Å². The number of aryl methyl sites for hydroxylation is 1. The molecule has 2 atom stereocenters. The largest absolute Gasteiger partial charge is 0.377 e. The summed E-state index contributed by atoms with van der Waals surface area (Å²) in [5.74, 6) is 0.679. The van der Waals surface area contributed by atoms with Gasteiger partial charge in [0.05, 0.1) is 11.8 Å². The van der Waals surface area contributed by atoms with Gasteiger partial charge in [-0.25, -0.2) is 0 Å². The monoisotopic (exact) mass is 223 g/mol. The van der Waals surface area contributed by atoms with Gasteiger partial charge in [-0.15, -0.1) is 0 Å². The maximum absolute atomic E-state index is 6.21. The molecule has 90 valence electrons. The van der Waals surface area contributed by atoms with Gasteiger partial charge in [0.25, 0.3) is 0 Å². The molecular weight excluding hydrogens is 202 g/mol. The highest BCUT2D eigenvalue weighted by Crippen LogP contribution is 2.35. The zero-order valence-electron chi connectivity index (χ0n) is 10.1. The van der Waals surface area contributed by atoms with Gasteiger partial charge < -0.3 is 10.5 Å². The molecule has 16 heavy (non-hydrogen) atoms. The summed E-state index contributed by atoms with van der Waals surface area (Å²) in [5, 5.41) is 4.35. The van der Waals surface area contributed by atoms with E-state index in [1.165, 1.54) is 12.8 Å². The third-order valence-electron chi connectivity index (χ3n) is 3.08. The van der Waals surface area contributed by atoms with Crippen molar-refractivity contribution in [3.8, 4) is 0 Å². The lowest BCUT2D eigenvalue weighted by Crippen LogP contribution is -2.40. The van der Waals surface area contributed by atoms with Gasteiger partial charge in [0, 0.05) is 32.3 Å². The fourth-order valence-corrected chi connectivity index (χ4v) is 2.16. The van der Waals surface area contributed by atoms with Crippen LogP contribution in [-0.4, -0.2) is 28.5 Å². The number of nitrogens with two attached hydrogens (primary N) is 1. The van der Waals surface area contributed by atoms with Crippen LogP contribution in [0.1, 0.15) is 25.5 Å². The molecule has 1 heterocycles. The minimum atomic E-state index is 0.0716. The Morgan fingerprint density at radius 2 is 2.38 bits per heavy atom. The number of ether oxygens (including phenoxy) is 1. The van der Waals surface area contributed by atoms with Crippen LogP contribution >= 0.6 is 0 Å². The summed E-state index contributed by atoms with van der Waals surface area (Å²) in [6.45, 7) is 2.78. The standard InChI is InChI=1S/C12H21N3O/c1-3-16-12(9-4-5-9)11(13)8-10-6-7-15(2)14-10/h6-7,9,11-12H,3-5,8,13H2,1-2H3. The van der Waals surface area contributed by atoms with Crippen LogP contribution in [0.2, 0.25) is 0 Å². The first-order chi connectivity index (χ1) is 7.70. The van der Waals surface area contributed by atoms with Crippen molar-refractivity contribution >= 4 is 0 Å². The summed E-state index contributed by atoms with van der Waals surface area (Å²) in [5.41, 5.74) is 7.27. The molecule has 0 aromatic carbocycles. The zero-order valence-corrected chi connectivity index (χ0v) is 10.1. The van der Waals surface area contributed by atoms with E-state index in [0.29, 0.717) is 5.92 Å². The maximum Gasteiger partial charge on any atom is 0.0757 e. The molecule has 1 aromatic rings. The Kier molecular flexibility index (Phi) is 3.61. The molecule has 0 aliphatic heterocycles. The molecule has 2 rings (SSSR count). The Balaban J connectivity index is 1.91. The second-order valence-electron chi connectivity index (χ2n) is 4.61. The highest BCUT2D eigenvalue weighted by Gasteiger charge is 2.35. The first kappa shape index (κ1) is 11.6. The molecule has 0 spiro atoms. The topological polar surface area (TPSA) is 53.1 Å². The number of hydrogen-bond donors (Lipinski definition) is 1. The Morgan fingerprint density at radius 1 is 1.62 bits per heavy atom. The molecule has 1 fully saturated rings. The van der Waals surface area contributed by atoms with E-state index in [-0.39, 0.29) is 12.1 Å². The van der Waals surface area contributed by atoms with E-state index in [2.05, 4.69) is 5.10 Å². The average Bonchev–Trinajstić information content (AvgIpc) is 3.00. The number of rotatable bonds is 6. The molecule has 4 nitrogen and oxygen atoms in total. The molecule has 0 amide bonds. The smallest absolute Gasteiger partial charge is 0.0757 e. The molecule has 1 aromatic heterocycles. The third-order valence-corrected chi connectivity index (χ3v) is 3.08. The predicted molar refractivity (Wildman–Crippen MR) is 63.0 cm³/mol. The first-order valence-corrected chi connectivity index (χ1v) is 6.06. The number of aromatic nitrogens is 2. The van der Waals surface area contributed by atoms with Gasteiger partial charge in [-0.1, -0.05) is 0 Å². The van der Waals surface area contributed by atoms with Gasteiger partial charge in [-0.2, -0.15) is 5.10 Å². The van der Waals surface area contributed by atoms with E-state index in [9.17, 15) is 0 Å². The summed E-state index contributed by atoms with van der Waals surface area (Å²) in [6.07, 6.45) is 5.50. The van der Waals surface area contributed by atoms with Crippen molar-refractivity contribution in [2.75, 3.05) is 6.61 Å². The lowest BCUT2D eigenvalue weighted by atomic mass is 10.0. The van der Waals surface area contributed by atoms with Crippen molar-refractivity contribution in [3.63, 3.8) is 0 Å². The summed E-state index contributed by atoms with van der Waals surface area (Å²) in [6, 6.07) is 2.10. The zero-order chi connectivity index (χ0) is 11.5. The van der Waals surface area contributed by atoms with Gasteiger partial charge in [0.1, 0.15) is 0 Å². The van der Waals surface area contributed by atoms with Crippen LogP contribution in [0.15, 0.2) is 12.3 Å². The quantitative estimate of drug-likeness (QED) is 0.786. The molecule has 1 aliphatic rings. The summed E-state index contributed by atoms with van der Waals surface area (Å²) >= 11 is 0. The number of hydrogen-bond acceptors (Lipinski definition) is 3. The molecule has 4 heteroatoms. The highest BCUT2D eigenvalue weighted by atomic mass is 16.5. The van der Waals surface area contributed by atoms with Crippen LogP contribution in [0.5, 0.6) is 0 Å². The Bertz CT molecular complexity index is 333. The van der Waals surface area contributed by atoms with Crippen molar-refractivity contribution in [2.45, 2.75) is 38.3 Å². The maximum atomic E-state index is 6.21. The minimum absolute atomic E-state index is 0.0716. The van der Waals surface area contributed by atoms with Crippen LogP contribution in [0, 0.1) is 5.92 Å². The summed E-state index contributed by atoms with van der Waals surface area (Å²) in [7, 11) is 1.93. The fraction of sp³-hybridized carbons (Fsp3) is 0.750. The molecule has 0 radical (unpaired) electrons. The predicted octanol–water partition coefficient (Wildman–Crippen LogP) is 1.10. The van der Waals surface area contributed by atoms with Crippen molar-refractivity contribution in [1.82, 2.24) is 9.78 Å². The van der Waals surface area contributed by atoms with Gasteiger partial charge in [-0.05, 0) is 31.7 Å². The third kappa shape index (κ3) is 2.83. The van der Waals surface area contributed by atoms with Gasteiger partial charge in [-0.3, -0.25) is 4.68 Å². The second kappa shape index (κ2) is 4.97. The van der Waals surface area contributed by atoms with Crippen molar-refractivity contribution in [1.29, 1.82) is 0 Å². The average molecular weight is 223 g/mol. The molecule has 1 aliphatic carbocycles. The van der Waals surface area contributed by atoms with Crippen LogP contribution < -0.4 is 5.73 Å². The molecule has 2 N–H and O–H groups in total. The first-order valence-electron chi connectivity index (χ1n) is 6.06. The van der Waals surface area contributed by atoms with E-state index >= 15 is 0 Å². The van der Waals surface area contributed by atoms with E-state index in [0.717, 1.165) is 18.7 Å². The summed E-state index contributed by atoms with van der Waals surface area (Å²) in [4.78, 5) is 0. The van der Waals surface area contributed by atoms with E-state index in [1.54, 1.807) is 0 Å². The lowest BCUT2D eigenvalue weighted by Gasteiger charge is -2.23. The van der Waals surface area contributed by atoms with Crippen LogP contribution in [0.3, 0.4) is 0 Å². The van der Waals surface area contributed by atoms with Gasteiger partial charge >= 0.3 is 0 Å². The molecule has 1 saturated carbocycles. The van der Waals surface area contributed by atoms with E-state index in [4.69, 9.17) is 10.5 Å². The number of nitrogens with zero attached hydrogens (tertiary/aromatic N) is 2. The Morgan fingerprint density at radius 3 is 2.88 bits per heavy atom. The van der Waals surface area contributed by atoms with Crippen molar-refractivity contribution in [3.05, 3.63) is 18.0 Å². The minimum Gasteiger partial charge on any atom is -0.377 e. The molecule has 0 bridgehead atoms. The molecular formula is C12H21N3O. The fourth-order valence-electron chi connectivity index (χ4n) is 2.16. The SMILES string of the molecule is CCOC(C(N)Cc1ccn(C)n1)C1CC1. The Hall–Kier alpha value is -0.870. The highest BCUT2D eigenvalue weighted by molar-refractivity contribution is 5.03. The normalized spacial score (nSPS) is 19.7.